The maximum absolute atomic E-state index is 12.5. The van der Waals surface area contributed by atoms with E-state index in [2.05, 4.69) is 10.0 Å². The Morgan fingerprint density at radius 2 is 1.88 bits per heavy atom. The predicted octanol–water partition coefficient (Wildman–Crippen LogP) is 2.56. The minimum atomic E-state index is -3.78. The number of ether oxygens (including phenoxy) is 1. The summed E-state index contributed by atoms with van der Waals surface area (Å²) in [6.07, 6.45) is 0. The van der Waals surface area contributed by atoms with Gasteiger partial charge in [0, 0.05) is 24.4 Å². The molecule has 0 spiro atoms. The van der Waals surface area contributed by atoms with Crippen LogP contribution in [0.3, 0.4) is 0 Å². The van der Waals surface area contributed by atoms with Gasteiger partial charge in [-0.3, -0.25) is 9.52 Å². The lowest BCUT2D eigenvalue weighted by molar-refractivity contribution is 0.0905. The van der Waals surface area contributed by atoms with E-state index in [0.717, 1.165) is 5.56 Å². The van der Waals surface area contributed by atoms with Crippen LogP contribution in [-0.4, -0.2) is 34.1 Å². The number of rotatable bonds is 7. The molecule has 0 unspecified atom stereocenters. The van der Waals surface area contributed by atoms with Crippen molar-refractivity contribution >= 4 is 21.6 Å². The number of hydrogen-bond donors (Lipinski definition) is 2. The molecule has 7 heteroatoms. The summed E-state index contributed by atoms with van der Waals surface area (Å²) in [5.74, 6) is -0.350. The second-order valence-electron chi connectivity index (χ2n) is 5.83. The van der Waals surface area contributed by atoms with E-state index in [0.29, 0.717) is 12.3 Å². The Kier molecular flexibility index (Phi) is 6.17. The van der Waals surface area contributed by atoms with Crippen molar-refractivity contribution in [1.82, 2.24) is 5.32 Å². The van der Waals surface area contributed by atoms with Crippen molar-refractivity contribution in [2.75, 3.05) is 18.4 Å². The van der Waals surface area contributed by atoms with Gasteiger partial charge in [-0.15, -0.1) is 0 Å². The zero-order valence-corrected chi connectivity index (χ0v) is 15.3. The number of sulfonamides is 1. The van der Waals surface area contributed by atoms with Crippen LogP contribution in [0.4, 0.5) is 5.69 Å². The summed E-state index contributed by atoms with van der Waals surface area (Å²) in [6.45, 7) is 4.06. The number of methoxy groups -OCH3 is 1. The van der Waals surface area contributed by atoms with Gasteiger partial charge in [-0.1, -0.05) is 18.2 Å². The lowest BCUT2D eigenvalue weighted by Gasteiger charge is -2.13. The zero-order valence-electron chi connectivity index (χ0n) is 14.4. The van der Waals surface area contributed by atoms with Crippen molar-refractivity contribution in [2.24, 2.45) is 0 Å². The predicted molar refractivity (Wildman–Crippen MR) is 97.2 cm³/mol. The van der Waals surface area contributed by atoms with Crippen molar-refractivity contribution in [3.63, 3.8) is 0 Å². The number of nitrogens with one attached hydrogen (secondary N) is 2. The standard InChI is InChI=1S/C18H22N2O4S/c1-13-6-4-8-16(10-13)20-25(22,23)17-9-5-7-15(11-17)18(21)19-14(2)12-24-3/h4-11,14,20H,12H2,1-3H3,(H,19,21)/t14-/m1/s1. The summed E-state index contributed by atoms with van der Waals surface area (Å²) in [5, 5.41) is 2.75. The molecule has 0 aromatic heterocycles. The van der Waals surface area contributed by atoms with Crippen molar-refractivity contribution in [3.8, 4) is 0 Å². The van der Waals surface area contributed by atoms with Crippen LogP contribution in [0.25, 0.3) is 0 Å². The summed E-state index contributed by atoms with van der Waals surface area (Å²) in [4.78, 5) is 12.3. The highest BCUT2D eigenvalue weighted by molar-refractivity contribution is 7.92. The van der Waals surface area contributed by atoms with Crippen LogP contribution in [0.1, 0.15) is 22.8 Å². The van der Waals surface area contributed by atoms with E-state index in [4.69, 9.17) is 4.74 Å². The van der Waals surface area contributed by atoms with E-state index in [1.54, 1.807) is 44.4 Å². The fourth-order valence-corrected chi connectivity index (χ4v) is 3.42. The third-order valence-electron chi connectivity index (χ3n) is 3.47. The molecule has 6 nitrogen and oxygen atoms in total. The van der Waals surface area contributed by atoms with Crippen LogP contribution >= 0.6 is 0 Å². The molecule has 25 heavy (non-hydrogen) atoms. The zero-order chi connectivity index (χ0) is 18.4. The van der Waals surface area contributed by atoms with Crippen molar-refractivity contribution in [3.05, 3.63) is 59.7 Å². The summed E-state index contributed by atoms with van der Waals surface area (Å²) in [5.41, 5.74) is 1.69. The summed E-state index contributed by atoms with van der Waals surface area (Å²) in [6, 6.07) is 12.8. The molecule has 2 aromatic carbocycles. The molecule has 0 bridgehead atoms. The monoisotopic (exact) mass is 362 g/mol. The Balaban J connectivity index is 2.20. The fraction of sp³-hybridized carbons (Fsp3) is 0.278. The molecule has 0 aliphatic heterocycles. The minimum absolute atomic E-state index is 0.0288. The first-order valence-corrected chi connectivity index (χ1v) is 9.29. The van der Waals surface area contributed by atoms with Gasteiger partial charge in [0.25, 0.3) is 15.9 Å². The van der Waals surface area contributed by atoms with Gasteiger partial charge in [-0.05, 0) is 49.7 Å². The smallest absolute Gasteiger partial charge is 0.261 e. The number of hydrogen-bond acceptors (Lipinski definition) is 4. The average molecular weight is 362 g/mol. The number of amides is 1. The van der Waals surface area contributed by atoms with Gasteiger partial charge in [0.05, 0.1) is 11.5 Å². The topological polar surface area (TPSA) is 84.5 Å². The molecule has 0 radical (unpaired) electrons. The maximum atomic E-state index is 12.5. The molecular formula is C18H22N2O4S. The van der Waals surface area contributed by atoms with Gasteiger partial charge < -0.3 is 10.1 Å². The van der Waals surface area contributed by atoms with Crippen LogP contribution in [0, 0.1) is 6.92 Å². The molecular weight excluding hydrogens is 340 g/mol. The number of carbonyl (C=O) groups excluding carboxylic acids is 1. The third-order valence-corrected chi connectivity index (χ3v) is 4.85. The summed E-state index contributed by atoms with van der Waals surface area (Å²) in [7, 11) is -2.23. The van der Waals surface area contributed by atoms with Crippen LogP contribution < -0.4 is 10.0 Å². The summed E-state index contributed by atoms with van der Waals surface area (Å²) >= 11 is 0. The highest BCUT2D eigenvalue weighted by Gasteiger charge is 2.17. The third kappa shape index (κ3) is 5.30. The molecule has 0 aliphatic rings. The fourth-order valence-electron chi connectivity index (χ4n) is 2.33. The molecule has 0 saturated heterocycles. The van der Waals surface area contributed by atoms with Gasteiger partial charge in [0.15, 0.2) is 0 Å². The Labute approximate surface area is 148 Å². The van der Waals surface area contributed by atoms with Crippen LogP contribution in [0.5, 0.6) is 0 Å². The first kappa shape index (κ1) is 19.0. The SMILES string of the molecule is COC[C@@H](C)NC(=O)c1cccc(S(=O)(=O)Nc2cccc(C)c2)c1. The van der Waals surface area contributed by atoms with Gasteiger partial charge in [-0.25, -0.2) is 8.42 Å². The Hall–Kier alpha value is -2.38. The van der Waals surface area contributed by atoms with Crippen LogP contribution in [-0.2, 0) is 14.8 Å². The number of aryl methyl sites for hydroxylation is 1. The number of anilines is 1. The molecule has 2 aromatic rings. The average Bonchev–Trinajstić information content (AvgIpc) is 2.54. The molecule has 0 aliphatic carbocycles. The Bertz CT molecular complexity index is 850. The second kappa shape index (κ2) is 8.13. The lowest BCUT2D eigenvalue weighted by atomic mass is 10.2. The van der Waals surface area contributed by atoms with Gasteiger partial charge in [-0.2, -0.15) is 0 Å². The van der Waals surface area contributed by atoms with E-state index < -0.39 is 10.0 Å². The molecule has 134 valence electrons. The largest absolute Gasteiger partial charge is 0.383 e. The highest BCUT2D eigenvalue weighted by Crippen LogP contribution is 2.18. The van der Waals surface area contributed by atoms with E-state index in [1.807, 2.05) is 13.0 Å². The molecule has 2 rings (SSSR count). The maximum Gasteiger partial charge on any atom is 0.261 e. The highest BCUT2D eigenvalue weighted by atomic mass is 32.2. The van der Waals surface area contributed by atoms with E-state index in [-0.39, 0.29) is 22.4 Å². The van der Waals surface area contributed by atoms with Crippen LogP contribution in [0.2, 0.25) is 0 Å². The number of benzene rings is 2. The Morgan fingerprint density at radius 3 is 2.56 bits per heavy atom. The minimum Gasteiger partial charge on any atom is -0.383 e. The molecule has 2 N–H and O–H groups in total. The Morgan fingerprint density at radius 1 is 1.16 bits per heavy atom. The number of carbonyl (C=O) groups is 1. The van der Waals surface area contributed by atoms with Crippen molar-refractivity contribution in [1.29, 1.82) is 0 Å². The second-order valence-corrected chi connectivity index (χ2v) is 7.52. The normalized spacial score (nSPS) is 12.4. The molecule has 1 atom stereocenters. The van der Waals surface area contributed by atoms with Crippen molar-refractivity contribution < 1.29 is 17.9 Å². The molecule has 0 heterocycles. The molecule has 1 amide bonds. The van der Waals surface area contributed by atoms with Gasteiger partial charge >= 0.3 is 0 Å². The first-order chi connectivity index (χ1) is 11.8. The van der Waals surface area contributed by atoms with Gasteiger partial charge in [0.2, 0.25) is 0 Å². The van der Waals surface area contributed by atoms with E-state index >= 15 is 0 Å². The quantitative estimate of drug-likeness (QED) is 0.793. The lowest BCUT2D eigenvalue weighted by Crippen LogP contribution is -2.35. The van der Waals surface area contributed by atoms with Gasteiger partial charge in [0.1, 0.15) is 0 Å². The summed E-state index contributed by atoms with van der Waals surface area (Å²) < 4.78 is 32.6. The van der Waals surface area contributed by atoms with Crippen LogP contribution in [0.15, 0.2) is 53.4 Å². The van der Waals surface area contributed by atoms with E-state index in [1.165, 1.54) is 12.1 Å². The van der Waals surface area contributed by atoms with Crippen molar-refractivity contribution in [2.45, 2.75) is 24.8 Å². The molecule has 0 saturated carbocycles. The molecule has 0 fully saturated rings. The van der Waals surface area contributed by atoms with E-state index in [9.17, 15) is 13.2 Å². The first-order valence-electron chi connectivity index (χ1n) is 7.81.